The average molecular weight is 303 g/mol. The van der Waals surface area contributed by atoms with Crippen LogP contribution in [0.3, 0.4) is 0 Å². The molecule has 0 spiro atoms. The lowest BCUT2D eigenvalue weighted by molar-refractivity contribution is 0.123. The molecule has 0 aromatic heterocycles. The minimum Gasteiger partial charge on any atom is -0.381 e. The highest BCUT2D eigenvalue weighted by Crippen LogP contribution is 2.28. The Balaban J connectivity index is 1.67. The van der Waals surface area contributed by atoms with Crippen molar-refractivity contribution in [1.82, 2.24) is 10.6 Å². The van der Waals surface area contributed by atoms with Gasteiger partial charge in [-0.1, -0.05) is 29.8 Å². The van der Waals surface area contributed by atoms with E-state index in [0.29, 0.717) is 6.54 Å². The van der Waals surface area contributed by atoms with Gasteiger partial charge in [0.15, 0.2) is 5.96 Å². The molecule has 2 N–H and O–H groups in total. The molecule has 122 valence electrons. The number of hydrogen-bond acceptors (Lipinski definition) is 2. The normalized spacial score (nSPS) is 14.9. The number of aryl methyl sites for hydroxylation is 1. The highest BCUT2D eigenvalue weighted by atomic mass is 16.5. The fraction of sp³-hybridized carbons (Fsp3) is 0.611. The predicted octanol–water partition coefficient (Wildman–Crippen LogP) is 2.87. The van der Waals surface area contributed by atoms with Crippen LogP contribution < -0.4 is 10.6 Å². The third-order valence-corrected chi connectivity index (χ3v) is 3.65. The van der Waals surface area contributed by atoms with Crippen LogP contribution in [0.1, 0.15) is 37.3 Å². The molecule has 1 aliphatic carbocycles. The van der Waals surface area contributed by atoms with Crippen LogP contribution in [0.25, 0.3) is 0 Å². The zero-order chi connectivity index (χ0) is 15.6. The van der Waals surface area contributed by atoms with Crippen molar-refractivity contribution in [1.29, 1.82) is 0 Å². The third-order valence-electron chi connectivity index (χ3n) is 3.65. The van der Waals surface area contributed by atoms with Crippen LogP contribution >= 0.6 is 0 Å². The SMILES string of the molecule is CCNC(=NCc1cccc(C)c1)NCCCOCC1CC1. The van der Waals surface area contributed by atoms with Crippen LogP contribution in [0, 0.1) is 12.8 Å². The first-order chi connectivity index (χ1) is 10.8. The quantitative estimate of drug-likeness (QED) is 0.419. The lowest BCUT2D eigenvalue weighted by Crippen LogP contribution is -2.38. The summed E-state index contributed by atoms with van der Waals surface area (Å²) in [5, 5.41) is 6.65. The van der Waals surface area contributed by atoms with Crippen molar-refractivity contribution in [3.8, 4) is 0 Å². The smallest absolute Gasteiger partial charge is 0.191 e. The van der Waals surface area contributed by atoms with E-state index in [0.717, 1.165) is 44.6 Å². The second-order valence-corrected chi connectivity index (χ2v) is 5.98. The number of ether oxygens (including phenoxy) is 1. The Morgan fingerprint density at radius 2 is 2.18 bits per heavy atom. The van der Waals surface area contributed by atoms with E-state index in [1.807, 2.05) is 0 Å². The Hall–Kier alpha value is -1.55. The van der Waals surface area contributed by atoms with Gasteiger partial charge in [0.1, 0.15) is 0 Å². The molecule has 4 nitrogen and oxygen atoms in total. The average Bonchev–Trinajstić information content (AvgIpc) is 3.32. The maximum Gasteiger partial charge on any atom is 0.191 e. The molecule has 0 saturated heterocycles. The number of rotatable bonds is 9. The number of hydrogen-bond donors (Lipinski definition) is 2. The van der Waals surface area contributed by atoms with Crippen LogP contribution in [0.5, 0.6) is 0 Å². The van der Waals surface area contributed by atoms with Crippen molar-refractivity contribution in [2.24, 2.45) is 10.9 Å². The van der Waals surface area contributed by atoms with Crippen molar-refractivity contribution < 1.29 is 4.74 Å². The highest BCUT2D eigenvalue weighted by molar-refractivity contribution is 5.79. The third kappa shape index (κ3) is 6.94. The van der Waals surface area contributed by atoms with E-state index in [4.69, 9.17) is 4.74 Å². The second-order valence-electron chi connectivity index (χ2n) is 5.98. The second kappa shape index (κ2) is 9.46. The lowest BCUT2D eigenvalue weighted by Gasteiger charge is -2.11. The molecule has 1 saturated carbocycles. The number of aliphatic imine (C=N–C) groups is 1. The van der Waals surface area contributed by atoms with Crippen molar-refractivity contribution in [3.05, 3.63) is 35.4 Å². The summed E-state index contributed by atoms with van der Waals surface area (Å²) in [5.74, 6) is 1.73. The Morgan fingerprint density at radius 3 is 2.91 bits per heavy atom. The van der Waals surface area contributed by atoms with Gasteiger partial charge in [-0.15, -0.1) is 0 Å². The van der Waals surface area contributed by atoms with E-state index >= 15 is 0 Å². The van der Waals surface area contributed by atoms with Crippen molar-refractivity contribution >= 4 is 5.96 Å². The Kier molecular flexibility index (Phi) is 7.23. The minimum absolute atomic E-state index is 0.704. The van der Waals surface area contributed by atoms with Crippen molar-refractivity contribution in [2.45, 2.75) is 39.7 Å². The zero-order valence-corrected chi connectivity index (χ0v) is 13.9. The topological polar surface area (TPSA) is 45.7 Å². The monoisotopic (exact) mass is 303 g/mol. The molecule has 1 aromatic carbocycles. The molecule has 1 aromatic rings. The van der Waals surface area contributed by atoms with E-state index in [9.17, 15) is 0 Å². The van der Waals surface area contributed by atoms with Gasteiger partial charge in [-0.25, -0.2) is 4.99 Å². The van der Waals surface area contributed by atoms with Crippen LogP contribution in [0.15, 0.2) is 29.3 Å². The van der Waals surface area contributed by atoms with E-state index in [1.54, 1.807) is 0 Å². The molecule has 22 heavy (non-hydrogen) atoms. The van der Waals surface area contributed by atoms with E-state index in [2.05, 4.69) is 53.7 Å². The zero-order valence-electron chi connectivity index (χ0n) is 13.9. The standard InChI is InChI=1S/C18H29N3O/c1-3-19-18(20-10-5-11-22-14-16-8-9-16)21-13-17-7-4-6-15(2)12-17/h4,6-7,12,16H,3,5,8-11,13-14H2,1-2H3,(H2,19,20,21). The number of nitrogens with one attached hydrogen (secondary N) is 2. The van der Waals surface area contributed by atoms with Gasteiger partial charge in [0.05, 0.1) is 6.54 Å². The van der Waals surface area contributed by atoms with Gasteiger partial charge in [-0.3, -0.25) is 0 Å². The molecule has 2 rings (SSSR count). The molecule has 1 aliphatic rings. The number of guanidine groups is 1. The predicted molar refractivity (Wildman–Crippen MR) is 92.2 cm³/mol. The van der Waals surface area contributed by atoms with Crippen molar-refractivity contribution in [3.63, 3.8) is 0 Å². The summed E-state index contributed by atoms with van der Waals surface area (Å²) in [4.78, 5) is 4.63. The molecular formula is C18H29N3O. The number of nitrogens with zero attached hydrogens (tertiary/aromatic N) is 1. The Bertz CT molecular complexity index is 469. The molecule has 0 aliphatic heterocycles. The first-order valence-corrected chi connectivity index (χ1v) is 8.43. The Morgan fingerprint density at radius 1 is 1.32 bits per heavy atom. The molecule has 1 fully saturated rings. The maximum atomic E-state index is 5.64. The molecular weight excluding hydrogens is 274 g/mol. The van der Waals surface area contributed by atoms with Crippen LogP contribution in [-0.4, -0.2) is 32.3 Å². The Labute approximate surface area is 134 Å². The van der Waals surface area contributed by atoms with Gasteiger partial charge >= 0.3 is 0 Å². The van der Waals surface area contributed by atoms with Gasteiger partial charge in [0.25, 0.3) is 0 Å². The summed E-state index contributed by atoms with van der Waals surface area (Å²) >= 11 is 0. The molecule has 0 amide bonds. The van der Waals surface area contributed by atoms with Crippen molar-refractivity contribution in [2.75, 3.05) is 26.3 Å². The van der Waals surface area contributed by atoms with Gasteiger partial charge in [-0.2, -0.15) is 0 Å². The molecule has 0 unspecified atom stereocenters. The van der Waals surface area contributed by atoms with E-state index < -0.39 is 0 Å². The van der Waals surface area contributed by atoms with Gasteiger partial charge in [0.2, 0.25) is 0 Å². The van der Waals surface area contributed by atoms with Crippen LogP contribution in [-0.2, 0) is 11.3 Å². The van der Waals surface area contributed by atoms with Gasteiger partial charge in [0, 0.05) is 26.3 Å². The molecule has 4 heteroatoms. The summed E-state index contributed by atoms with van der Waals surface area (Å²) in [6, 6.07) is 8.49. The fourth-order valence-electron chi connectivity index (χ4n) is 2.24. The summed E-state index contributed by atoms with van der Waals surface area (Å²) in [7, 11) is 0. The highest BCUT2D eigenvalue weighted by Gasteiger charge is 2.20. The number of benzene rings is 1. The lowest BCUT2D eigenvalue weighted by atomic mass is 10.1. The molecule has 0 heterocycles. The van der Waals surface area contributed by atoms with Crippen LogP contribution in [0.2, 0.25) is 0 Å². The maximum absolute atomic E-state index is 5.64. The first kappa shape index (κ1) is 16.8. The van der Waals surface area contributed by atoms with Crippen LogP contribution in [0.4, 0.5) is 0 Å². The molecule has 0 atom stereocenters. The molecule has 0 bridgehead atoms. The summed E-state index contributed by atoms with van der Waals surface area (Å²) < 4.78 is 5.64. The summed E-state index contributed by atoms with van der Waals surface area (Å²) in [6.07, 6.45) is 3.73. The van der Waals surface area contributed by atoms with E-state index in [1.165, 1.54) is 24.0 Å². The van der Waals surface area contributed by atoms with E-state index in [-0.39, 0.29) is 0 Å². The fourth-order valence-corrected chi connectivity index (χ4v) is 2.24. The first-order valence-electron chi connectivity index (χ1n) is 8.43. The summed E-state index contributed by atoms with van der Waals surface area (Å²) in [5.41, 5.74) is 2.52. The minimum atomic E-state index is 0.704. The molecule has 0 radical (unpaired) electrons. The van der Waals surface area contributed by atoms with Gasteiger partial charge < -0.3 is 15.4 Å². The van der Waals surface area contributed by atoms with Gasteiger partial charge in [-0.05, 0) is 44.6 Å². The summed E-state index contributed by atoms with van der Waals surface area (Å²) in [6.45, 7) is 8.45. The largest absolute Gasteiger partial charge is 0.381 e.